The SMILES string of the molecule is CNc1ncccc1CN1C(=O)C(=O)N(C)C1=O. The summed E-state index contributed by atoms with van der Waals surface area (Å²) in [6.07, 6.45) is 1.60. The smallest absolute Gasteiger partial charge is 0.334 e. The number of imide groups is 2. The molecule has 0 saturated carbocycles. The van der Waals surface area contributed by atoms with Gasteiger partial charge in [-0.1, -0.05) is 6.07 Å². The Bertz CT molecular complexity index is 529. The molecule has 1 aliphatic heterocycles. The highest BCUT2D eigenvalue weighted by Gasteiger charge is 2.42. The van der Waals surface area contributed by atoms with Gasteiger partial charge in [-0.05, 0) is 6.07 Å². The summed E-state index contributed by atoms with van der Waals surface area (Å²) in [5.74, 6) is -1.05. The van der Waals surface area contributed by atoms with Gasteiger partial charge >= 0.3 is 17.8 Å². The van der Waals surface area contributed by atoms with Crippen molar-refractivity contribution >= 4 is 23.7 Å². The molecule has 2 rings (SSSR count). The minimum Gasteiger partial charge on any atom is -0.373 e. The van der Waals surface area contributed by atoms with E-state index < -0.39 is 17.8 Å². The van der Waals surface area contributed by atoms with Crippen molar-refractivity contribution in [2.24, 2.45) is 0 Å². The van der Waals surface area contributed by atoms with E-state index in [2.05, 4.69) is 10.3 Å². The Labute approximate surface area is 103 Å². The number of pyridine rings is 1. The van der Waals surface area contributed by atoms with Crippen molar-refractivity contribution in [1.29, 1.82) is 0 Å². The van der Waals surface area contributed by atoms with Crippen LogP contribution in [0.15, 0.2) is 18.3 Å². The summed E-state index contributed by atoms with van der Waals surface area (Å²) < 4.78 is 0. The van der Waals surface area contributed by atoms with Crippen LogP contribution in [0.1, 0.15) is 5.56 Å². The predicted molar refractivity (Wildman–Crippen MR) is 62.5 cm³/mol. The first kappa shape index (κ1) is 12.0. The van der Waals surface area contributed by atoms with Gasteiger partial charge in [0.05, 0.1) is 6.54 Å². The van der Waals surface area contributed by atoms with Crippen molar-refractivity contribution < 1.29 is 14.4 Å². The van der Waals surface area contributed by atoms with Crippen molar-refractivity contribution in [2.45, 2.75) is 6.54 Å². The highest BCUT2D eigenvalue weighted by molar-refractivity contribution is 6.44. The second-order valence-corrected chi connectivity index (χ2v) is 3.80. The number of urea groups is 1. The van der Waals surface area contributed by atoms with Gasteiger partial charge in [-0.15, -0.1) is 0 Å². The lowest BCUT2D eigenvalue weighted by Crippen LogP contribution is -2.31. The average Bonchev–Trinajstić information content (AvgIpc) is 2.57. The summed E-state index contributed by atoms with van der Waals surface area (Å²) in [5, 5.41) is 2.86. The Balaban J connectivity index is 2.27. The standard InChI is InChI=1S/C11H12N4O3/c1-12-8-7(4-3-5-13-8)6-15-10(17)9(16)14(2)11(15)18/h3-5H,6H2,1-2H3,(H,12,13). The molecule has 7 heteroatoms. The van der Waals surface area contributed by atoms with Crippen LogP contribution in [0.25, 0.3) is 0 Å². The van der Waals surface area contributed by atoms with Gasteiger partial charge in [0.15, 0.2) is 0 Å². The monoisotopic (exact) mass is 248 g/mol. The summed E-state index contributed by atoms with van der Waals surface area (Å²) in [6.45, 7) is 0.0256. The van der Waals surface area contributed by atoms with Crippen LogP contribution >= 0.6 is 0 Å². The molecule has 1 aliphatic rings. The number of carbonyl (C=O) groups is 3. The number of nitrogens with zero attached hydrogens (tertiary/aromatic N) is 3. The number of hydrogen-bond acceptors (Lipinski definition) is 5. The number of rotatable bonds is 3. The highest BCUT2D eigenvalue weighted by atomic mass is 16.2. The fraction of sp³-hybridized carbons (Fsp3) is 0.273. The van der Waals surface area contributed by atoms with Crippen LogP contribution < -0.4 is 5.32 Å². The van der Waals surface area contributed by atoms with Crippen LogP contribution in [0.3, 0.4) is 0 Å². The van der Waals surface area contributed by atoms with Crippen LogP contribution in [0, 0.1) is 0 Å². The normalized spacial score (nSPS) is 15.6. The molecule has 1 aromatic heterocycles. The second-order valence-electron chi connectivity index (χ2n) is 3.80. The van der Waals surface area contributed by atoms with E-state index in [4.69, 9.17) is 0 Å². The summed E-state index contributed by atoms with van der Waals surface area (Å²) >= 11 is 0. The molecule has 4 amide bonds. The van der Waals surface area contributed by atoms with Crippen molar-refractivity contribution in [2.75, 3.05) is 19.4 Å². The number of amides is 4. The summed E-state index contributed by atoms with van der Waals surface area (Å²) in [7, 11) is 2.97. The molecule has 1 saturated heterocycles. The van der Waals surface area contributed by atoms with Crippen LogP contribution in [-0.2, 0) is 16.1 Å². The van der Waals surface area contributed by atoms with Crippen molar-refractivity contribution in [3.8, 4) is 0 Å². The molecule has 18 heavy (non-hydrogen) atoms. The molecule has 1 aromatic rings. The van der Waals surface area contributed by atoms with E-state index in [1.165, 1.54) is 7.05 Å². The van der Waals surface area contributed by atoms with Crippen molar-refractivity contribution in [3.63, 3.8) is 0 Å². The maximum Gasteiger partial charge on any atom is 0.334 e. The van der Waals surface area contributed by atoms with Gasteiger partial charge in [-0.2, -0.15) is 0 Å². The van der Waals surface area contributed by atoms with Gasteiger partial charge in [-0.3, -0.25) is 19.4 Å². The van der Waals surface area contributed by atoms with Crippen molar-refractivity contribution in [1.82, 2.24) is 14.8 Å². The van der Waals surface area contributed by atoms with Gasteiger partial charge in [0.2, 0.25) is 0 Å². The molecular weight excluding hydrogens is 236 g/mol. The summed E-state index contributed by atoms with van der Waals surface area (Å²) in [4.78, 5) is 40.4. The zero-order valence-electron chi connectivity index (χ0n) is 10.0. The second kappa shape index (κ2) is 4.44. The van der Waals surface area contributed by atoms with E-state index in [0.29, 0.717) is 11.4 Å². The van der Waals surface area contributed by atoms with Gasteiger partial charge < -0.3 is 5.32 Å². The number of likely N-dealkylation sites (N-methyl/N-ethyl adjacent to an activating group) is 1. The van der Waals surface area contributed by atoms with Gasteiger partial charge in [-0.25, -0.2) is 9.78 Å². The quantitative estimate of drug-likeness (QED) is 0.603. The lowest BCUT2D eigenvalue weighted by atomic mass is 10.2. The first-order chi connectivity index (χ1) is 8.56. The van der Waals surface area contributed by atoms with Gasteiger partial charge in [0.1, 0.15) is 5.82 Å². The fourth-order valence-corrected chi connectivity index (χ4v) is 1.71. The molecule has 0 spiro atoms. The number of anilines is 1. The molecular formula is C11H12N4O3. The molecule has 0 bridgehead atoms. The maximum atomic E-state index is 11.7. The number of hydrogen-bond donors (Lipinski definition) is 1. The molecule has 1 fully saturated rings. The lowest BCUT2D eigenvalue weighted by molar-refractivity contribution is -0.143. The van der Waals surface area contributed by atoms with Gasteiger partial charge in [0.25, 0.3) is 0 Å². The maximum absolute atomic E-state index is 11.7. The Hall–Kier alpha value is -2.44. The topological polar surface area (TPSA) is 82.6 Å². The first-order valence-corrected chi connectivity index (χ1v) is 5.31. The molecule has 0 radical (unpaired) electrons. The van der Waals surface area contributed by atoms with Crippen molar-refractivity contribution in [3.05, 3.63) is 23.9 Å². The van der Waals surface area contributed by atoms with Crippen LogP contribution in [-0.4, -0.2) is 46.7 Å². The Morgan fingerprint density at radius 2 is 2.00 bits per heavy atom. The minimum atomic E-state index is -0.812. The molecule has 94 valence electrons. The van der Waals surface area contributed by atoms with Gasteiger partial charge in [0, 0.05) is 25.9 Å². The van der Waals surface area contributed by atoms with Crippen LogP contribution in [0.5, 0.6) is 0 Å². The number of aromatic nitrogens is 1. The Morgan fingerprint density at radius 1 is 1.28 bits per heavy atom. The lowest BCUT2D eigenvalue weighted by Gasteiger charge is -2.14. The molecule has 2 heterocycles. The van der Waals surface area contributed by atoms with E-state index in [0.717, 1.165) is 9.80 Å². The largest absolute Gasteiger partial charge is 0.373 e. The van der Waals surface area contributed by atoms with Crippen LogP contribution in [0.4, 0.5) is 10.6 Å². The van der Waals surface area contributed by atoms with E-state index >= 15 is 0 Å². The molecule has 0 aliphatic carbocycles. The molecule has 0 atom stereocenters. The first-order valence-electron chi connectivity index (χ1n) is 5.31. The zero-order chi connectivity index (χ0) is 13.3. The Morgan fingerprint density at radius 3 is 2.56 bits per heavy atom. The number of carbonyl (C=O) groups excluding carboxylic acids is 3. The highest BCUT2D eigenvalue weighted by Crippen LogP contribution is 2.18. The molecule has 1 N–H and O–H groups in total. The third-order valence-electron chi connectivity index (χ3n) is 2.71. The third kappa shape index (κ3) is 1.79. The fourth-order valence-electron chi connectivity index (χ4n) is 1.71. The summed E-state index contributed by atoms with van der Waals surface area (Å²) in [6, 6.07) is 2.82. The van der Waals surface area contributed by atoms with E-state index in [9.17, 15) is 14.4 Å². The van der Waals surface area contributed by atoms with E-state index in [-0.39, 0.29) is 6.54 Å². The van der Waals surface area contributed by atoms with E-state index in [1.54, 1.807) is 25.4 Å². The molecule has 0 aromatic carbocycles. The average molecular weight is 248 g/mol. The zero-order valence-corrected chi connectivity index (χ0v) is 10.0. The minimum absolute atomic E-state index is 0.0256. The molecule has 0 unspecified atom stereocenters. The predicted octanol–water partition coefficient (Wildman–Crippen LogP) is 0.0439. The summed E-state index contributed by atoms with van der Waals surface area (Å²) in [5.41, 5.74) is 0.671. The van der Waals surface area contributed by atoms with E-state index in [1.807, 2.05) is 0 Å². The van der Waals surface area contributed by atoms with Crippen LogP contribution in [0.2, 0.25) is 0 Å². The third-order valence-corrected chi connectivity index (χ3v) is 2.71. The Kier molecular flexibility index (Phi) is 2.97. The number of nitrogens with one attached hydrogen (secondary N) is 1. The molecule has 7 nitrogen and oxygen atoms in total.